The normalized spacial score (nSPS) is 12.4. The quantitative estimate of drug-likeness (QED) is 0.0777. The number of nitrogens with zero attached hydrogens (tertiary/aromatic N) is 2. The first-order chi connectivity index (χ1) is 22.0. The van der Waals surface area contributed by atoms with Gasteiger partial charge < -0.3 is 30.2 Å². The number of rotatable bonds is 17. The summed E-state index contributed by atoms with van der Waals surface area (Å²) in [7, 11) is 3.25. The lowest BCUT2D eigenvalue weighted by Gasteiger charge is -2.25. The van der Waals surface area contributed by atoms with Crippen molar-refractivity contribution in [2.45, 2.75) is 45.4 Å². The van der Waals surface area contributed by atoms with Gasteiger partial charge in [-0.15, -0.1) is 12.4 Å². The van der Waals surface area contributed by atoms with E-state index < -0.39 is 29.7 Å². The molecule has 0 aliphatic heterocycles. The third kappa shape index (κ3) is 12.1. The van der Waals surface area contributed by atoms with Gasteiger partial charge in [-0.25, -0.2) is 8.78 Å². The molecule has 3 rings (SSSR count). The Morgan fingerprint density at radius 1 is 1.04 bits per heavy atom. The molecule has 0 aliphatic rings. The average Bonchev–Trinajstić information content (AvgIpc) is 3.03. The van der Waals surface area contributed by atoms with Crippen LogP contribution in [0.15, 0.2) is 78.5 Å². The highest BCUT2D eigenvalue weighted by atomic mass is 35.5. The van der Waals surface area contributed by atoms with Crippen LogP contribution in [0.5, 0.6) is 5.75 Å². The summed E-state index contributed by atoms with van der Waals surface area (Å²) in [6.07, 6.45) is 1.06. The molecule has 0 unspecified atom stereocenters. The molecule has 12 heteroatoms. The number of methoxy groups -OCH3 is 1. The number of hydrogen-bond acceptors (Lipinski definition) is 7. The molecule has 0 aromatic heterocycles. The maximum Gasteiger partial charge on any atom is 0.253 e. The fraction of sp³-hybridized carbons (Fsp3) is 0.343. The van der Waals surface area contributed by atoms with Crippen LogP contribution in [0.1, 0.15) is 57.7 Å². The van der Waals surface area contributed by atoms with Crippen LogP contribution in [-0.2, 0) is 17.8 Å². The van der Waals surface area contributed by atoms with Crippen molar-refractivity contribution in [2.75, 3.05) is 33.9 Å². The molecule has 0 heterocycles. The van der Waals surface area contributed by atoms with E-state index in [1.807, 2.05) is 31.2 Å². The Labute approximate surface area is 281 Å². The first-order valence-electron chi connectivity index (χ1n) is 15.0. The molecule has 2 atom stereocenters. The number of ether oxygens (including phenoxy) is 1. The number of nitrogens with one attached hydrogen (secondary N) is 2. The van der Waals surface area contributed by atoms with E-state index in [2.05, 4.69) is 22.4 Å². The summed E-state index contributed by atoms with van der Waals surface area (Å²) in [5.74, 6) is -1.74. The predicted octanol–water partition coefficient (Wildman–Crippen LogP) is 5.30. The summed E-state index contributed by atoms with van der Waals surface area (Å²) in [4.78, 5) is 33.8. The van der Waals surface area contributed by atoms with Crippen LogP contribution in [0.25, 0.3) is 0 Å². The van der Waals surface area contributed by atoms with Gasteiger partial charge in [-0.3, -0.25) is 9.59 Å². The second-order valence-electron chi connectivity index (χ2n) is 10.9. The third-order valence-electron chi connectivity index (χ3n) is 7.14. The van der Waals surface area contributed by atoms with E-state index in [0.29, 0.717) is 30.1 Å². The van der Waals surface area contributed by atoms with Gasteiger partial charge in [0.15, 0.2) is 0 Å². The lowest BCUT2D eigenvalue weighted by molar-refractivity contribution is 0.0795. The van der Waals surface area contributed by atoms with Gasteiger partial charge in [-0.05, 0) is 73.4 Å². The second-order valence-corrected chi connectivity index (χ2v) is 10.9. The average molecular weight is 673 g/mol. The van der Waals surface area contributed by atoms with E-state index >= 15 is 0 Å². The molecule has 47 heavy (non-hydrogen) atoms. The molecule has 0 aliphatic carbocycles. The fourth-order valence-electron chi connectivity index (χ4n) is 4.79. The van der Waals surface area contributed by atoms with Crippen molar-refractivity contribution in [3.63, 3.8) is 0 Å². The second kappa shape index (κ2) is 19.4. The SMILES string of the molecule is C=CCO/N=C(\C)c1cc(C(=O)N[C@@H](Cc2cc(F)cc(F)c2)[C@H](O)CNCc2cccc(OC)c2)cc(C(=O)N(C)CCC)c1.Cl. The lowest BCUT2D eigenvalue weighted by Crippen LogP contribution is -2.48. The monoisotopic (exact) mass is 672 g/mol. The van der Waals surface area contributed by atoms with E-state index in [-0.39, 0.29) is 54.6 Å². The van der Waals surface area contributed by atoms with Gasteiger partial charge in [0.25, 0.3) is 11.8 Å². The predicted molar refractivity (Wildman–Crippen MR) is 181 cm³/mol. The van der Waals surface area contributed by atoms with Crippen molar-refractivity contribution in [3.8, 4) is 5.75 Å². The summed E-state index contributed by atoms with van der Waals surface area (Å²) in [6, 6.07) is 14.2. The zero-order valence-electron chi connectivity index (χ0n) is 27.1. The topological polar surface area (TPSA) is 112 Å². The molecule has 0 radical (unpaired) electrons. The Morgan fingerprint density at radius 3 is 2.38 bits per heavy atom. The van der Waals surface area contributed by atoms with Crippen molar-refractivity contribution in [1.82, 2.24) is 15.5 Å². The number of aliphatic hydroxyl groups is 1. The van der Waals surface area contributed by atoms with Crippen LogP contribution in [0.3, 0.4) is 0 Å². The highest BCUT2D eigenvalue weighted by Crippen LogP contribution is 2.17. The van der Waals surface area contributed by atoms with Crippen LogP contribution in [0.4, 0.5) is 8.78 Å². The van der Waals surface area contributed by atoms with E-state index in [9.17, 15) is 23.5 Å². The van der Waals surface area contributed by atoms with Gasteiger partial charge in [0.1, 0.15) is 24.0 Å². The maximum absolute atomic E-state index is 14.1. The number of benzene rings is 3. The first kappa shape index (κ1) is 38.9. The van der Waals surface area contributed by atoms with Gasteiger partial charge in [0.2, 0.25) is 0 Å². The smallest absolute Gasteiger partial charge is 0.253 e. The van der Waals surface area contributed by atoms with E-state index in [4.69, 9.17) is 9.57 Å². The van der Waals surface area contributed by atoms with Crippen LogP contribution in [0.2, 0.25) is 0 Å². The van der Waals surface area contributed by atoms with Gasteiger partial charge in [-0.2, -0.15) is 0 Å². The largest absolute Gasteiger partial charge is 0.497 e. The van der Waals surface area contributed by atoms with E-state index in [1.165, 1.54) is 12.1 Å². The van der Waals surface area contributed by atoms with Gasteiger partial charge >= 0.3 is 0 Å². The minimum absolute atomic E-state index is 0. The van der Waals surface area contributed by atoms with Crippen LogP contribution in [-0.4, -0.2) is 73.5 Å². The molecule has 0 spiro atoms. The van der Waals surface area contributed by atoms with E-state index in [0.717, 1.165) is 30.2 Å². The number of oxime groups is 1. The number of amides is 2. The minimum atomic E-state index is -1.16. The lowest BCUT2D eigenvalue weighted by atomic mass is 9.98. The summed E-state index contributed by atoms with van der Waals surface area (Å²) < 4.78 is 33.4. The first-order valence-corrected chi connectivity index (χ1v) is 15.0. The van der Waals surface area contributed by atoms with Crippen molar-refractivity contribution < 1.29 is 33.1 Å². The Kier molecular flexibility index (Phi) is 16.0. The minimum Gasteiger partial charge on any atom is -0.497 e. The Balaban J connectivity index is 0.00000768. The molecule has 254 valence electrons. The van der Waals surface area contributed by atoms with Crippen molar-refractivity contribution in [3.05, 3.63) is 113 Å². The molecule has 2 amide bonds. The fourth-order valence-corrected chi connectivity index (χ4v) is 4.79. The zero-order chi connectivity index (χ0) is 33.6. The Morgan fingerprint density at radius 2 is 1.72 bits per heavy atom. The third-order valence-corrected chi connectivity index (χ3v) is 7.14. The van der Waals surface area contributed by atoms with Crippen LogP contribution in [0, 0.1) is 11.6 Å². The molecule has 0 bridgehead atoms. The molecule has 3 aromatic carbocycles. The summed E-state index contributed by atoms with van der Waals surface area (Å²) in [5, 5.41) is 21.3. The Hall–Kier alpha value is -4.32. The number of hydrogen-bond donors (Lipinski definition) is 3. The number of carbonyl (C=O) groups is 2. The van der Waals surface area contributed by atoms with Crippen molar-refractivity contribution >= 4 is 29.9 Å². The summed E-state index contributed by atoms with van der Waals surface area (Å²) in [5.41, 5.74) is 2.47. The molecule has 0 fully saturated rings. The van der Waals surface area contributed by atoms with Crippen LogP contribution < -0.4 is 15.4 Å². The summed E-state index contributed by atoms with van der Waals surface area (Å²) in [6.45, 7) is 8.37. The van der Waals surface area contributed by atoms with Gasteiger partial charge in [0, 0.05) is 49.4 Å². The standard InChI is InChI=1S/C35H42F2N4O5.ClH/c1-6-11-41(4)35(44)28-18-26(23(3)40-46-12-7-2)17-27(19-28)34(43)39-32(16-25-13-29(36)20-30(37)14-25)33(42)22-38-21-24-9-8-10-31(15-24)45-5;/h7-10,13-15,17-20,32-33,38,42H,2,6,11-12,16,21-22H2,1,3-5H3,(H,39,43);1H/b40-23+;/t32-,33+;/m0./s1. The molecular weight excluding hydrogens is 630 g/mol. The highest BCUT2D eigenvalue weighted by Gasteiger charge is 2.25. The van der Waals surface area contributed by atoms with Crippen LogP contribution >= 0.6 is 12.4 Å². The zero-order valence-corrected chi connectivity index (χ0v) is 27.9. The highest BCUT2D eigenvalue weighted by molar-refractivity contribution is 6.06. The number of carbonyl (C=O) groups excluding carboxylic acids is 2. The van der Waals surface area contributed by atoms with Crippen molar-refractivity contribution in [1.29, 1.82) is 0 Å². The number of aliphatic hydroxyl groups excluding tert-OH is 1. The molecular formula is C35H43ClF2N4O5. The number of halogens is 3. The molecule has 3 aromatic rings. The summed E-state index contributed by atoms with van der Waals surface area (Å²) >= 11 is 0. The van der Waals surface area contributed by atoms with E-state index in [1.54, 1.807) is 38.1 Å². The van der Waals surface area contributed by atoms with Crippen molar-refractivity contribution in [2.24, 2.45) is 5.16 Å². The Bertz CT molecular complexity index is 1520. The molecule has 0 saturated carbocycles. The van der Waals surface area contributed by atoms with Gasteiger partial charge in [0.05, 0.1) is 25.0 Å². The maximum atomic E-state index is 14.1. The molecule has 3 N–H and O–H groups in total. The van der Waals surface area contributed by atoms with Gasteiger partial charge in [-0.1, -0.05) is 36.9 Å². The molecule has 0 saturated heterocycles. The molecule has 9 nitrogen and oxygen atoms in total.